The zero-order valence-electron chi connectivity index (χ0n) is 12.9. The normalized spacial score (nSPS) is 10.5. The quantitative estimate of drug-likeness (QED) is 0.721. The van der Waals surface area contributed by atoms with Gasteiger partial charge in [0.05, 0.1) is 12.8 Å². The topological polar surface area (TPSA) is 34.1 Å². The van der Waals surface area contributed by atoms with Crippen LogP contribution in [0.15, 0.2) is 47.8 Å². The molecule has 2 aromatic carbocycles. The maximum Gasteiger partial charge on any atom is 0.187 e. The molecule has 0 spiro atoms. The number of methoxy groups -OCH3 is 1. The molecule has 3 aromatic rings. The van der Waals surface area contributed by atoms with Crippen molar-refractivity contribution in [2.75, 3.05) is 12.4 Å². The van der Waals surface area contributed by atoms with Gasteiger partial charge in [0, 0.05) is 16.6 Å². The molecule has 0 aliphatic carbocycles. The van der Waals surface area contributed by atoms with Gasteiger partial charge in [-0.1, -0.05) is 18.2 Å². The van der Waals surface area contributed by atoms with Crippen molar-refractivity contribution in [1.29, 1.82) is 0 Å². The van der Waals surface area contributed by atoms with E-state index in [0.29, 0.717) is 0 Å². The van der Waals surface area contributed by atoms with Gasteiger partial charge in [-0.2, -0.15) is 0 Å². The summed E-state index contributed by atoms with van der Waals surface area (Å²) in [5.74, 6) is 0.900. The molecule has 0 aliphatic rings. The number of anilines is 2. The molecule has 1 N–H and O–H groups in total. The van der Waals surface area contributed by atoms with Crippen LogP contribution in [0.5, 0.6) is 5.75 Å². The highest BCUT2D eigenvalue weighted by atomic mass is 32.1. The second-order valence-corrected chi connectivity index (χ2v) is 6.02. The minimum Gasteiger partial charge on any atom is -0.496 e. The van der Waals surface area contributed by atoms with Crippen molar-refractivity contribution in [2.24, 2.45) is 0 Å². The molecule has 4 heteroatoms. The Morgan fingerprint density at radius 3 is 2.59 bits per heavy atom. The molecule has 0 radical (unpaired) electrons. The third-order valence-electron chi connectivity index (χ3n) is 3.58. The Labute approximate surface area is 134 Å². The van der Waals surface area contributed by atoms with Gasteiger partial charge >= 0.3 is 0 Å². The van der Waals surface area contributed by atoms with Crippen molar-refractivity contribution >= 4 is 22.2 Å². The minimum absolute atomic E-state index is 0.900. The summed E-state index contributed by atoms with van der Waals surface area (Å²) in [7, 11) is 1.69. The summed E-state index contributed by atoms with van der Waals surface area (Å²) in [5.41, 5.74) is 5.49. The summed E-state index contributed by atoms with van der Waals surface area (Å²) in [4.78, 5) is 4.68. The molecule has 0 amide bonds. The van der Waals surface area contributed by atoms with E-state index in [4.69, 9.17) is 4.74 Å². The molecule has 0 aliphatic heterocycles. The monoisotopic (exact) mass is 310 g/mol. The fraction of sp³-hybridized carbons (Fsp3) is 0.167. The Morgan fingerprint density at radius 1 is 1.05 bits per heavy atom. The first-order valence-corrected chi connectivity index (χ1v) is 7.98. The zero-order valence-corrected chi connectivity index (χ0v) is 13.7. The van der Waals surface area contributed by atoms with Crippen LogP contribution in [0.1, 0.15) is 11.1 Å². The number of aromatic nitrogens is 1. The lowest BCUT2D eigenvalue weighted by Gasteiger charge is -2.06. The SMILES string of the molecule is COc1ccc(-c2csc(Nc3ccccc3C)n2)cc1C. The van der Waals surface area contributed by atoms with Crippen LogP contribution in [0, 0.1) is 13.8 Å². The lowest BCUT2D eigenvalue weighted by atomic mass is 10.1. The van der Waals surface area contributed by atoms with Gasteiger partial charge in [0.1, 0.15) is 5.75 Å². The highest BCUT2D eigenvalue weighted by Gasteiger charge is 2.08. The first kappa shape index (κ1) is 14.6. The molecule has 1 heterocycles. The predicted molar refractivity (Wildman–Crippen MR) is 93.3 cm³/mol. The Bertz CT molecular complexity index is 795. The Morgan fingerprint density at radius 2 is 1.86 bits per heavy atom. The Balaban J connectivity index is 1.85. The van der Waals surface area contributed by atoms with Gasteiger partial charge < -0.3 is 10.1 Å². The van der Waals surface area contributed by atoms with E-state index in [0.717, 1.165) is 33.4 Å². The number of benzene rings is 2. The number of rotatable bonds is 4. The zero-order chi connectivity index (χ0) is 15.5. The van der Waals surface area contributed by atoms with Gasteiger partial charge in [-0.25, -0.2) is 4.98 Å². The number of nitrogens with zero attached hydrogens (tertiary/aromatic N) is 1. The maximum absolute atomic E-state index is 5.30. The van der Waals surface area contributed by atoms with E-state index in [1.54, 1.807) is 18.4 Å². The standard InChI is InChI=1S/C18H18N2OS/c1-12-6-4-5-7-15(12)19-18-20-16(11-22-18)14-8-9-17(21-3)13(2)10-14/h4-11H,1-3H3,(H,19,20). The molecular weight excluding hydrogens is 292 g/mol. The van der Waals surface area contributed by atoms with Gasteiger partial charge in [0.15, 0.2) is 5.13 Å². The highest BCUT2D eigenvalue weighted by Crippen LogP contribution is 2.30. The van der Waals surface area contributed by atoms with Crippen LogP contribution in [-0.2, 0) is 0 Å². The van der Waals surface area contributed by atoms with Crippen LogP contribution in [0.2, 0.25) is 0 Å². The van der Waals surface area contributed by atoms with E-state index in [1.807, 2.05) is 31.2 Å². The smallest absolute Gasteiger partial charge is 0.187 e. The third-order valence-corrected chi connectivity index (χ3v) is 4.34. The molecule has 0 bridgehead atoms. The van der Waals surface area contributed by atoms with Gasteiger partial charge in [0.25, 0.3) is 0 Å². The summed E-state index contributed by atoms with van der Waals surface area (Å²) in [6.07, 6.45) is 0. The highest BCUT2D eigenvalue weighted by molar-refractivity contribution is 7.14. The number of thiazole rings is 1. The van der Waals surface area contributed by atoms with Crippen LogP contribution < -0.4 is 10.1 Å². The van der Waals surface area contributed by atoms with E-state index in [2.05, 4.69) is 40.8 Å². The second-order valence-electron chi connectivity index (χ2n) is 5.16. The Kier molecular flexibility index (Phi) is 4.11. The number of hydrogen-bond acceptors (Lipinski definition) is 4. The second kappa shape index (κ2) is 6.20. The fourth-order valence-corrected chi connectivity index (χ4v) is 3.06. The average molecular weight is 310 g/mol. The largest absolute Gasteiger partial charge is 0.496 e. The lowest BCUT2D eigenvalue weighted by Crippen LogP contribution is -1.92. The first-order valence-electron chi connectivity index (χ1n) is 7.10. The van der Waals surface area contributed by atoms with Gasteiger partial charge in [0.2, 0.25) is 0 Å². The maximum atomic E-state index is 5.30. The van der Waals surface area contributed by atoms with E-state index >= 15 is 0 Å². The minimum atomic E-state index is 0.900. The van der Waals surface area contributed by atoms with Crippen LogP contribution in [0.25, 0.3) is 11.3 Å². The molecular formula is C18H18N2OS. The summed E-state index contributed by atoms with van der Waals surface area (Å²) >= 11 is 1.61. The first-order chi connectivity index (χ1) is 10.7. The number of aryl methyl sites for hydroxylation is 2. The molecule has 3 rings (SSSR count). The number of nitrogens with one attached hydrogen (secondary N) is 1. The average Bonchev–Trinajstić information content (AvgIpc) is 2.98. The van der Waals surface area contributed by atoms with Crippen molar-refractivity contribution in [3.05, 3.63) is 59.0 Å². The molecule has 0 saturated carbocycles. The van der Waals surface area contributed by atoms with E-state index in [1.165, 1.54) is 5.56 Å². The summed E-state index contributed by atoms with van der Waals surface area (Å²) < 4.78 is 5.30. The fourth-order valence-electron chi connectivity index (χ4n) is 2.33. The van der Waals surface area contributed by atoms with Crippen LogP contribution in [0.4, 0.5) is 10.8 Å². The van der Waals surface area contributed by atoms with Crippen LogP contribution >= 0.6 is 11.3 Å². The van der Waals surface area contributed by atoms with Gasteiger partial charge in [-0.15, -0.1) is 11.3 Å². The summed E-state index contributed by atoms with van der Waals surface area (Å²) in [6.45, 7) is 4.13. The van der Waals surface area contributed by atoms with E-state index in [9.17, 15) is 0 Å². The van der Waals surface area contributed by atoms with Gasteiger partial charge in [-0.05, 0) is 49.2 Å². The van der Waals surface area contributed by atoms with Crippen molar-refractivity contribution in [3.8, 4) is 17.0 Å². The van der Waals surface area contributed by atoms with E-state index in [-0.39, 0.29) is 0 Å². The van der Waals surface area contributed by atoms with Gasteiger partial charge in [-0.3, -0.25) is 0 Å². The molecule has 0 unspecified atom stereocenters. The lowest BCUT2D eigenvalue weighted by molar-refractivity contribution is 0.412. The van der Waals surface area contributed by atoms with Crippen molar-refractivity contribution in [2.45, 2.75) is 13.8 Å². The molecule has 22 heavy (non-hydrogen) atoms. The van der Waals surface area contributed by atoms with Crippen molar-refractivity contribution in [1.82, 2.24) is 4.98 Å². The van der Waals surface area contributed by atoms with Crippen LogP contribution in [-0.4, -0.2) is 12.1 Å². The third kappa shape index (κ3) is 2.97. The number of para-hydroxylation sites is 1. The summed E-state index contributed by atoms with van der Waals surface area (Å²) in [6, 6.07) is 14.3. The predicted octanol–water partition coefficient (Wildman–Crippen LogP) is 5.18. The number of ether oxygens (including phenoxy) is 1. The van der Waals surface area contributed by atoms with Crippen LogP contribution in [0.3, 0.4) is 0 Å². The number of hydrogen-bond donors (Lipinski definition) is 1. The molecule has 0 saturated heterocycles. The van der Waals surface area contributed by atoms with Crippen molar-refractivity contribution in [3.63, 3.8) is 0 Å². The van der Waals surface area contributed by atoms with E-state index < -0.39 is 0 Å². The molecule has 3 nitrogen and oxygen atoms in total. The molecule has 1 aromatic heterocycles. The summed E-state index contributed by atoms with van der Waals surface area (Å²) in [5, 5.41) is 6.35. The molecule has 0 atom stereocenters. The van der Waals surface area contributed by atoms with Crippen molar-refractivity contribution < 1.29 is 4.74 Å². The molecule has 112 valence electrons. The molecule has 0 fully saturated rings. The Hall–Kier alpha value is -2.33.